The van der Waals surface area contributed by atoms with Crippen LogP contribution in [-0.2, 0) is 24.2 Å². The van der Waals surface area contributed by atoms with E-state index in [9.17, 15) is 9.18 Å². The van der Waals surface area contributed by atoms with Crippen LogP contribution in [0.1, 0.15) is 38.4 Å². The number of thioether (sulfide) groups is 1. The fraction of sp³-hybridized carbons (Fsp3) is 0.476. The molecule has 166 valence electrons. The Hall–Kier alpha value is -2.75. The van der Waals surface area contributed by atoms with Crippen LogP contribution in [-0.4, -0.2) is 43.6 Å². The van der Waals surface area contributed by atoms with Crippen LogP contribution in [0.15, 0.2) is 33.9 Å². The summed E-state index contributed by atoms with van der Waals surface area (Å²) in [6.07, 6.45) is 4.14. The molecule has 1 N–H and O–H groups in total. The average Bonchev–Trinajstić information content (AvgIpc) is 3.37. The average molecular weight is 447 g/mol. The highest BCUT2D eigenvalue weighted by Gasteiger charge is 2.13. The summed E-state index contributed by atoms with van der Waals surface area (Å²) in [7, 11) is 0. The lowest BCUT2D eigenvalue weighted by Gasteiger charge is -2.11. The lowest BCUT2D eigenvalue weighted by Crippen LogP contribution is -2.25. The Kier molecular flexibility index (Phi) is 8.16. The molecule has 3 aromatic rings. The molecule has 0 spiro atoms. The number of rotatable bonds is 11. The third kappa shape index (κ3) is 6.61. The van der Waals surface area contributed by atoms with Crippen molar-refractivity contribution in [1.29, 1.82) is 0 Å². The van der Waals surface area contributed by atoms with Crippen LogP contribution in [0.2, 0.25) is 0 Å². The van der Waals surface area contributed by atoms with Gasteiger partial charge < -0.3 is 14.4 Å². The maximum Gasteiger partial charge on any atom is 0.227 e. The first-order chi connectivity index (χ1) is 15.0. The zero-order valence-corrected chi connectivity index (χ0v) is 18.8. The van der Waals surface area contributed by atoms with Crippen molar-refractivity contribution in [3.05, 3.63) is 41.8 Å². The maximum atomic E-state index is 13.0. The summed E-state index contributed by atoms with van der Waals surface area (Å²) < 4.78 is 20.4. The molecule has 1 aromatic carbocycles. The van der Waals surface area contributed by atoms with Crippen LogP contribution in [0.5, 0.6) is 0 Å². The molecule has 8 nitrogen and oxygen atoms in total. The summed E-state index contributed by atoms with van der Waals surface area (Å²) >= 11 is 1.59. The molecule has 2 aromatic heterocycles. The van der Waals surface area contributed by atoms with E-state index in [2.05, 4.69) is 44.1 Å². The summed E-state index contributed by atoms with van der Waals surface area (Å²) in [6.45, 7) is 5.78. The van der Waals surface area contributed by atoms with Gasteiger partial charge in [0.05, 0.1) is 0 Å². The summed E-state index contributed by atoms with van der Waals surface area (Å²) in [5, 5.41) is 16.3. The van der Waals surface area contributed by atoms with E-state index in [1.165, 1.54) is 12.1 Å². The van der Waals surface area contributed by atoms with Crippen LogP contribution < -0.4 is 5.32 Å². The zero-order valence-electron chi connectivity index (χ0n) is 18.0. The van der Waals surface area contributed by atoms with Gasteiger partial charge in [0.1, 0.15) is 11.6 Å². The number of hydrogen-bond acceptors (Lipinski definition) is 7. The number of aryl methyl sites for hydroxylation is 2. The summed E-state index contributed by atoms with van der Waals surface area (Å²) in [6, 6.07) is 5.85. The van der Waals surface area contributed by atoms with Gasteiger partial charge in [0.2, 0.25) is 17.6 Å². The van der Waals surface area contributed by atoms with Crippen LogP contribution in [0, 0.1) is 11.7 Å². The fourth-order valence-electron chi connectivity index (χ4n) is 3.06. The first-order valence-electron chi connectivity index (χ1n) is 10.3. The van der Waals surface area contributed by atoms with Crippen molar-refractivity contribution >= 4 is 17.7 Å². The molecule has 0 radical (unpaired) electrons. The monoisotopic (exact) mass is 446 g/mol. The molecule has 10 heteroatoms. The van der Waals surface area contributed by atoms with E-state index in [0.717, 1.165) is 30.4 Å². The molecule has 0 saturated carbocycles. The van der Waals surface area contributed by atoms with E-state index in [4.69, 9.17) is 4.52 Å². The number of carbonyl (C=O) groups excluding carboxylic acids is 1. The standard InChI is InChI=1S/C21H27FN6O2S/c1-14(2)13-28-17(25-26-21(28)31-3)5-4-12-23-18(29)10-11-19-24-20(27-30-19)15-6-8-16(22)9-7-15/h6-9,14H,4-5,10-13H2,1-3H3,(H,23,29). The van der Waals surface area contributed by atoms with E-state index in [-0.39, 0.29) is 18.1 Å². The minimum absolute atomic E-state index is 0.0741. The highest BCUT2D eigenvalue weighted by molar-refractivity contribution is 7.98. The number of amides is 1. The van der Waals surface area contributed by atoms with Gasteiger partial charge in [-0.2, -0.15) is 4.98 Å². The predicted molar refractivity (Wildman–Crippen MR) is 116 cm³/mol. The number of hydrogen-bond donors (Lipinski definition) is 1. The number of benzene rings is 1. The summed E-state index contributed by atoms with van der Waals surface area (Å²) in [5.74, 6) is 1.82. The normalized spacial score (nSPS) is 11.3. The van der Waals surface area contributed by atoms with Gasteiger partial charge in [-0.25, -0.2) is 4.39 Å². The predicted octanol–water partition coefficient (Wildman–Crippen LogP) is 3.53. The van der Waals surface area contributed by atoms with Crippen molar-refractivity contribution in [2.45, 2.75) is 51.2 Å². The van der Waals surface area contributed by atoms with Crippen LogP contribution in [0.4, 0.5) is 4.39 Å². The number of nitrogens with zero attached hydrogens (tertiary/aromatic N) is 5. The molecular weight excluding hydrogens is 419 g/mol. The van der Waals surface area contributed by atoms with E-state index in [0.29, 0.717) is 36.2 Å². The van der Waals surface area contributed by atoms with Crippen molar-refractivity contribution in [2.24, 2.45) is 5.92 Å². The molecule has 0 fully saturated rings. The Morgan fingerprint density at radius 3 is 2.71 bits per heavy atom. The first kappa shape index (κ1) is 22.9. The molecule has 31 heavy (non-hydrogen) atoms. The molecule has 0 bridgehead atoms. The molecule has 0 aliphatic carbocycles. The quantitative estimate of drug-likeness (QED) is 0.355. The minimum atomic E-state index is -0.325. The molecule has 0 aliphatic rings. The van der Waals surface area contributed by atoms with Crippen LogP contribution in [0.25, 0.3) is 11.4 Å². The number of carbonyl (C=O) groups is 1. The Labute approximate surface area is 185 Å². The SMILES string of the molecule is CSc1nnc(CCCNC(=O)CCc2nc(-c3ccc(F)cc3)no2)n1CC(C)C. The highest BCUT2D eigenvalue weighted by Crippen LogP contribution is 2.17. The summed E-state index contributed by atoms with van der Waals surface area (Å²) in [5.41, 5.74) is 0.663. The largest absolute Gasteiger partial charge is 0.356 e. The Morgan fingerprint density at radius 2 is 2.00 bits per heavy atom. The molecular formula is C21H27FN6O2S. The third-order valence-electron chi connectivity index (χ3n) is 4.56. The van der Waals surface area contributed by atoms with Crippen molar-refractivity contribution in [1.82, 2.24) is 30.2 Å². The minimum Gasteiger partial charge on any atom is -0.356 e. The van der Waals surface area contributed by atoms with Crippen molar-refractivity contribution < 1.29 is 13.7 Å². The van der Waals surface area contributed by atoms with E-state index in [1.54, 1.807) is 23.9 Å². The van der Waals surface area contributed by atoms with Crippen molar-refractivity contribution in [2.75, 3.05) is 12.8 Å². The van der Waals surface area contributed by atoms with Crippen LogP contribution in [0.3, 0.4) is 0 Å². The molecule has 3 rings (SSSR count). The Bertz CT molecular complexity index is 986. The van der Waals surface area contributed by atoms with E-state index < -0.39 is 0 Å². The lowest BCUT2D eigenvalue weighted by molar-refractivity contribution is -0.121. The fourth-order valence-corrected chi connectivity index (χ4v) is 3.58. The van der Waals surface area contributed by atoms with E-state index in [1.807, 2.05) is 6.26 Å². The second kappa shape index (κ2) is 11.0. The molecule has 1 amide bonds. The van der Waals surface area contributed by atoms with E-state index >= 15 is 0 Å². The molecule has 0 saturated heterocycles. The molecule has 0 unspecified atom stereocenters. The topological polar surface area (TPSA) is 98.7 Å². The smallest absolute Gasteiger partial charge is 0.227 e. The molecule has 0 aliphatic heterocycles. The highest BCUT2D eigenvalue weighted by atomic mass is 32.2. The van der Waals surface area contributed by atoms with Crippen LogP contribution >= 0.6 is 11.8 Å². The van der Waals surface area contributed by atoms with Gasteiger partial charge in [-0.1, -0.05) is 30.8 Å². The molecule has 2 heterocycles. The van der Waals surface area contributed by atoms with Gasteiger partial charge >= 0.3 is 0 Å². The van der Waals surface area contributed by atoms with Gasteiger partial charge in [-0.3, -0.25) is 4.79 Å². The maximum absolute atomic E-state index is 13.0. The van der Waals surface area contributed by atoms with Crippen molar-refractivity contribution in [3.8, 4) is 11.4 Å². The second-order valence-corrected chi connectivity index (χ2v) is 8.35. The number of halogens is 1. The first-order valence-corrected chi connectivity index (χ1v) is 11.5. The van der Waals surface area contributed by atoms with Crippen molar-refractivity contribution in [3.63, 3.8) is 0 Å². The zero-order chi connectivity index (χ0) is 22.2. The Balaban J connectivity index is 1.40. The van der Waals surface area contributed by atoms with Gasteiger partial charge in [0.15, 0.2) is 5.16 Å². The second-order valence-electron chi connectivity index (χ2n) is 7.58. The van der Waals surface area contributed by atoms with Gasteiger partial charge in [0.25, 0.3) is 0 Å². The third-order valence-corrected chi connectivity index (χ3v) is 5.23. The number of nitrogens with one attached hydrogen (secondary N) is 1. The summed E-state index contributed by atoms with van der Waals surface area (Å²) in [4.78, 5) is 16.4. The van der Waals surface area contributed by atoms with Gasteiger partial charge in [-0.15, -0.1) is 10.2 Å². The Morgan fingerprint density at radius 1 is 1.23 bits per heavy atom. The van der Waals surface area contributed by atoms with Gasteiger partial charge in [-0.05, 0) is 42.9 Å². The molecule has 0 atom stereocenters. The number of aromatic nitrogens is 5. The van der Waals surface area contributed by atoms with Gasteiger partial charge in [0, 0.05) is 37.9 Å². The lowest BCUT2D eigenvalue weighted by atomic mass is 10.2.